The van der Waals surface area contributed by atoms with Crippen molar-refractivity contribution in [2.45, 2.75) is 0 Å². The minimum absolute atomic E-state index is 0.400. The van der Waals surface area contributed by atoms with Crippen LogP contribution in [0.2, 0.25) is 0 Å². The van der Waals surface area contributed by atoms with Crippen molar-refractivity contribution in [2.24, 2.45) is 5.73 Å². The molecule has 1 amide bonds. The van der Waals surface area contributed by atoms with E-state index in [9.17, 15) is 4.79 Å². The van der Waals surface area contributed by atoms with Crippen molar-refractivity contribution in [1.29, 1.82) is 0 Å². The predicted octanol–water partition coefficient (Wildman–Crippen LogP) is 1.40. The highest BCUT2D eigenvalue weighted by atomic mass is 32.1. The van der Waals surface area contributed by atoms with Gasteiger partial charge in [0.2, 0.25) is 5.91 Å². The molecule has 12 heavy (non-hydrogen) atoms. The number of nitrogens with two attached hydrogens (primary N) is 1. The third-order valence-corrected chi connectivity index (χ3v) is 2.42. The lowest BCUT2D eigenvalue weighted by Crippen LogP contribution is -2.10. The SMILES string of the molecule is NC(=O)c1ccc2sncc2c1. The third kappa shape index (κ3) is 1.06. The Kier molecular flexibility index (Phi) is 1.55. The monoisotopic (exact) mass is 178 g/mol. The lowest BCUT2D eigenvalue weighted by Gasteiger charge is -1.93. The van der Waals surface area contributed by atoms with Gasteiger partial charge >= 0.3 is 0 Å². The Bertz CT molecular complexity index is 435. The van der Waals surface area contributed by atoms with Crippen LogP contribution in [0.15, 0.2) is 24.4 Å². The average molecular weight is 178 g/mol. The maximum Gasteiger partial charge on any atom is 0.248 e. The van der Waals surface area contributed by atoms with Crippen LogP contribution < -0.4 is 5.73 Å². The molecule has 2 rings (SSSR count). The molecule has 0 fully saturated rings. The Morgan fingerprint density at radius 3 is 3.08 bits per heavy atom. The van der Waals surface area contributed by atoms with Crippen molar-refractivity contribution in [3.63, 3.8) is 0 Å². The van der Waals surface area contributed by atoms with Crippen LogP contribution in [-0.4, -0.2) is 10.3 Å². The first-order valence-electron chi connectivity index (χ1n) is 3.41. The van der Waals surface area contributed by atoms with E-state index in [0.29, 0.717) is 5.56 Å². The number of rotatable bonds is 1. The van der Waals surface area contributed by atoms with Gasteiger partial charge in [-0.25, -0.2) is 0 Å². The number of primary amides is 1. The molecule has 1 aromatic carbocycles. The fraction of sp³-hybridized carbons (Fsp3) is 0. The van der Waals surface area contributed by atoms with Gasteiger partial charge in [-0.05, 0) is 29.7 Å². The second-order valence-corrected chi connectivity index (χ2v) is 3.28. The molecule has 60 valence electrons. The van der Waals surface area contributed by atoms with Crippen LogP contribution in [0.1, 0.15) is 10.4 Å². The van der Waals surface area contributed by atoms with E-state index in [1.165, 1.54) is 11.5 Å². The van der Waals surface area contributed by atoms with Crippen LogP contribution in [0.3, 0.4) is 0 Å². The maximum atomic E-state index is 10.8. The summed E-state index contributed by atoms with van der Waals surface area (Å²) in [7, 11) is 0. The van der Waals surface area contributed by atoms with Crippen LogP contribution in [0.4, 0.5) is 0 Å². The quantitative estimate of drug-likeness (QED) is 0.717. The molecule has 0 aliphatic carbocycles. The van der Waals surface area contributed by atoms with Crippen LogP contribution in [0.25, 0.3) is 10.1 Å². The number of carbonyl (C=O) groups excluding carboxylic acids is 1. The number of fused-ring (bicyclic) bond motifs is 1. The Morgan fingerprint density at radius 1 is 1.50 bits per heavy atom. The van der Waals surface area contributed by atoms with Crippen molar-refractivity contribution in [2.75, 3.05) is 0 Å². The molecule has 0 aliphatic heterocycles. The fourth-order valence-corrected chi connectivity index (χ4v) is 1.65. The number of aromatic nitrogens is 1. The first-order valence-corrected chi connectivity index (χ1v) is 4.19. The highest BCUT2D eigenvalue weighted by Gasteiger charge is 2.01. The molecular formula is C8H6N2OS. The van der Waals surface area contributed by atoms with Gasteiger partial charge in [0.25, 0.3) is 0 Å². The molecule has 0 radical (unpaired) electrons. The summed E-state index contributed by atoms with van der Waals surface area (Å²) in [6, 6.07) is 5.32. The minimum atomic E-state index is -0.400. The van der Waals surface area contributed by atoms with Gasteiger partial charge in [0.1, 0.15) is 0 Å². The van der Waals surface area contributed by atoms with Crippen LogP contribution in [-0.2, 0) is 0 Å². The molecule has 1 aromatic heterocycles. The molecule has 0 unspecified atom stereocenters. The number of nitrogens with zero attached hydrogens (tertiary/aromatic N) is 1. The Hall–Kier alpha value is -1.42. The van der Waals surface area contributed by atoms with Gasteiger partial charge < -0.3 is 5.73 Å². The van der Waals surface area contributed by atoms with E-state index in [2.05, 4.69) is 4.37 Å². The number of carbonyl (C=O) groups is 1. The van der Waals surface area contributed by atoms with Gasteiger partial charge in [0.05, 0.1) is 4.70 Å². The lowest BCUT2D eigenvalue weighted by atomic mass is 10.2. The predicted molar refractivity (Wildman–Crippen MR) is 48.1 cm³/mol. The van der Waals surface area contributed by atoms with E-state index in [-0.39, 0.29) is 0 Å². The molecule has 2 N–H and O–H groups in total. The molecule has 0 bridgehead atoms. The summed E-state index contributed by atoms with van der Waals surface area (Å²) in [4.78, 5) is 10.8. The summed E-state index contributed by atoms with van der Waals surface area (Å²) in [6.07, 6.45) is 1.73. The second-order valence-electron chi connectivity index (χ2n) is 2.44. The van der Waals surface area contributed by atoms with E-state index in [1.807, 2.05) is 6.07 Å². The van der Waals surface area contributed by atoms with Gasteiger partial charge in [-0.15, -0.1) is 0 Å². The molecule has 0 saturated heterocycles. The van der Waals surface area contributed by atoms with Crippen molar-refractivity contribution in [3.8, 4) is 0 Å². The highest BCUT2D eigenvalue weighted by Crippen LogP contribution is 2.18. The summed E-state index contributed by atoms with van der Waals surface area (Å²) in [5.74, 6) is -0.400. The van der Waals surface area contributed by atoms with Crippen molar-refractivity contribution in [3.05, 3.63) is 30.0 Å². The number of amides is 1. The summed E-state index contributed by atoms with van der Waals surface area (Å²) in [5, 5.41) is 0.969. The molecule has 0 spiro atoms. The van der Waals surface area contributed by atoms with Crippen molar-refractivity contribution < 1.29 is 4.79 Å². The average Bonchev–Trinajstić information content (AvgIpc) is 2.49. The topological polar surface area (TPSA) is 56.0 Å². The Morgan fingerprint density at radius 2 is 2.33 bits per heavy atom. The van der Waals surface area contributed by atoms with Gasteiger partial charge in [0.15, 0.2) is 0 Å². The van der Waals surface area contributed by atoms with Gasteiger partial charge in [-0.3, -0.25) is 4.79 Å². The van der Waals surface area contributed by atoms with E-state index in [1.54, 1.807) is 18.3 Å². The largest absolute Gasteiger partial charge is 0.366 e. The second kappa shape index (κ2) is 2.57. The normalized spacial score (nSPS) is 10.3. The molecule has 2 aromatic rings. The van der Waals surface area contributed by atoms with Crippen LogP contribution in [0, 0.1) is 0 Å². The number of hydrogen-bond acceptors (Lipinski definition) is 3. The summed E-state index contributed by atoms with van der Waals surface area (Å²) >= 11 is 1.41. The summed E-state index contributed by atoms with van der Waals surface area (Å²) < 4.78 is 5.06. The highest BCUT2D eigenvalue weighted by molar-refractivity contribution is 7.13. The molecule has 0 aliphatic rings. The molecule has 0 saturated carbocycles. The number of hydrogen-bond donors (Lipinski definition) is 1. The zero-order chi connectivity index (χ0) is 8.55. The van der Waals surface area contributed by atoms with E-state index < -0.39 is 5.91 Å². The summed E-state index contributed by atoms with van der Waals surface area (Å²) in [5.41, 5.74) is 5.65. The van der Waals surface area contributed by atoms with E-state index >= 15 is 0 Å². The minimum Gasteiger partial charge on any atom is -0.366 e. The molecule has 4 heteroatoms. The fourth-order valence-electron chi connectivity index (χ4n) is 1.03. The molecular weight excluding hydrogens is 172 g/mol. The first-order chi connectivity index (χ1) is 5.77. The van der Waals surface area contributed by atoms with E-state index in [0.717, 1.165) is 10.1 Å². The maximum absolute atomic E-state index is 10.8. The van der Waals surface area contributed by atoms with Gasteiger partial charge in [-0.2, -0.15) is 4.37 Å². The van der Waals surface area contributed by atoms with Gasteiger partial charge in [-0.1, -0.05) is 0 Å². The standard InChI is InChI=1S/C8H6N2OS/c9-8(11)5-1-2-7-6(3-5)4-10-12-7/h1-4H,(H2,9,11). The summed E-state index contributed by atoms with van der Waals surface area (Å²) in [6.45, 7) is 0. The zero-order valence-corrected chi connectivity index (χ0v) is 6.97. The van der Waals surface area contributed by atoms with Gasteiger partial charge in [0, 0.05) is 17.1 Å². The first kappa shape index (κ1) is 7.24. The third-order valence-electron chi connectivity index (χ3n) is 1.64. The molecule has 3 nitrogen and oxygen atoms in total. The number of benzene rings is 1. The zero-order valence-electron chi connectivity index (χ0n) is 6.15. The smallest absolute Gasteiger partial charge is 0.248 e. The lowest BCUT2D eigenvalue weighted by molar-refractivity contribution is 0.100. The Balaban J connectivity index is 2.68. The molecule has 1 heterocycles. The Labute approximate surface area is 73.0 Å². The van der Waals surface area contributed by atoms with Crippen LogP contribution in [0.5, 0.6) is 0 Å². The van der Waals surface area contributed by atoms with Crippen molar-refractivity contribution in [1.82, 2.24) is 4.37 Å². The molecule has 0 atom stereocenters. The van der Waals surface area contributed by atoms with Crippen LogP contribution >= 0.6 is 11.5 Å². The van der Waals surface area contributed by atoms with E-state index in [4.69, 9.17) is 5.73 Å². The van der Waals surface area contributed by atoms with Crippen molar-refractivity contribution >= 4 is 27.5 Å².